The Bertz CT molecular complexity index is 695. The molecule has 0 aliphatic carbocycles. The minimum Gasteiger partial charge on any atom is -0.497 e. The maximum atomic E-state index is 11.4. The van der Waals surface area contributed by atoms with Gasteiger partial charge in [0.1, 0.15) is 18.1 Å². The lowest BCUT2D eigenvalue weighted by Gasteiger charge is -2.21. The Kier molecular flexibility index (Phi) is 7.71. The molecule has 0 aromatic heterocycles. The summed E-state index contributed by atoms with van der Waals surface area (Å²) in [4.78, 5) is 13.7. The zero-order valence-electron chi connectivity index (χ0n) is 15.3. The third-order valence-corrected chi connectivity index (χ3v) is 3.90. The lowest BCUT2D eigenvalue weighted by atomic mass is 10.2. The summed E-state index contributed by atoms with van der Waals surface area (Å²) >= 11 is 0. The number of hydrogen-bond acceptors (Lipinski definition) is 5. The summed E-state index contributed by atoms with van der Waals surface area (Å²) in [5, 5.41) is 0. The molecule has 2 rings (SSSR count). The maximum absolute atomic E-state index is 11.4. The molecule has 0 atom stereocenters. The minimum absolute atomic E-state index is 0.354. The fraction of sp³-hybridized carbons (Fsp3) is 0.286. The lowest BCUT2D eigenvalue weighted by molar-refractivity contribution is 0.0600. The second kappa shape index (κ2) is 10.3. The molecular weight excluding hydrogens is 330 g/mol. The highest BCUT2D eigenvalue weighted by Gasteiger charge is 2.07. The molecule has 0 aliphatic heterocycles. The van der Waals surface area contributed by atoms with Gasteiger partial charge >= 0.3 is 5.97 Å². The predicted octanol–water partition coefficient (Wildman–Crippen LogP) is 3.55. The maximum Gasteiger partial charge on any atom is 0.337 e. The molecule has 138 valence electrons. The van der Waals surface area contributed by atoms with E-state index in [0.29, 0.717) is 12.2 Å². The molecule has 26 heavy (non-hydrogen) atoms. The van der Waals surface area contributed by atoms with Crippen LogP contribution in [0.3, 0.4) is 0 Å². The zero-order valence-corrected chi connectivity index (χ0v) is 15.3. The molecule has 0 aliphatic rings. The SMILES string of the molecule is C=CCN(CCOc1ccc(C(=O)OC)cc1)Cc1ccc(OC)cc1. The number of hydrogen-bond donors (Lipinski definition) is 0. The molecule has 0 saturated heterocycles. The predicted molar refractivity (Wildman–Crippen MR) is 102 cm³/mol. The van der Waals surface area contributed by atoms with Crippen LogP contribution in [0.25, 0.3) is 0 Å². The monoisotopic (exact) mass is 355 g/mol. The molecule has 0 N–H and O–H groups in total. The van der Waals surface area contributed by atoms with E-state index < -0.39 is 0 Å². The van der Waals surface area contributed by atoms with E-state index in [2.05, 4.69) is 28.3 Å². The van der Waals surface area contributed by atoms with Crippen molar-refractivity contribution in [2.24, 2.45) is 0 Å². The largest absolute Gasteiger partial charge is 0.497 e. The van der Waals surface area contributed by atoms with E-state index in [4.69, 9.17) is 9.47 Å². The van der Waals surface area contributed by atoms with E-state index in [1.165, 1.54) is 12.7 Å². The average Bonchev–Trinajstić information content (AvgIpc) is 2.68. The van der Waals surface area contributed by atoms with Crippen LogP contribution >= 0.6 is 0 Å². The van der Waals surface area contributed by atoms with Crippen LogP contribution in [-0.2, 0) is 11.3 Å². The van der Waals surface area contributed by atoms with Crippen molar-refractivity contribution >= 4 is 5.97 Å². The molecule has 0 saturated carbocycles. The molecule has 2 aromatic rings. The van der Waals surface area contributed by atoms with Crippen LogP contribution in [0, 0.1) is 0 Å². The van der Waals surface area contributed by atoms with Gasteiger partial charge in [0, 0.05) is 19.6 Å². The number of benzene rings is 2. The highest BCUT2D eigenvalue weighted by atomic mass is 16.5. The molecule has 0 unspecified atom stereocenters. The van der Waals surface area contributed by atoms with E-state index in [1.807, 2.05) is 18.2 Å². The van der Waals surface area contributed by atoms with Crippen molar-refractivity contribution in [3.63, 3.8) is 0 Å². The number of nitrogens with zero attached hydrogens (tertiary/aromatic N) is 1. The minimum atomic E-state index is -0.354. The van der Waals surface area contributed by atoms with Crippen LogP contribution in [0.2, 0.25) is 0 Å². The molecular formula is C21H25NO4. The van der Waals surface area contributed by atoms with Gasteiger partial charge in [-0.15, -0.1) is 6.58 Å². The summed E-state index contributed by atoms with van der Waals surface area (Å²) in [5.74, 6) is 1.22. The van der Waals surface area contributed by atoms with Crippen molar-refractivity contribution in [1.29, 1.82) is 0 Å². The van der Waals surface area contributed by atoms with Crippen LogP contribution in [0.15, 0.2) is 61.2 Å². The smallest absolute Gasteiger partial charge is 0.337 e. The Hall–Kier alpha value is -2.79. The second-order valence-electron chi connectivity index (χ2n) is 5.74. The van der Waals surface area contributed by atoms with E-state index in [9.17, 15) is 4.79 Å². The first-order chi connectivity index (χ1) is 12.7. The normalized spacial score (nSPS) is 10.4. The van der Waals surface area contributed by atoms with Gasteiger partial charge in [-0.1, -0.05) is 18.2 Å². The van der Waals surface area contributed by atoms with Gasteiger partial charge in [0.15, 0.2) is 0 Å². The van der Waals surface area contributed by atoms with E-state index in [1.54, 1.807) is 31.4 Å². The van der Waals surface area contributed by atoms with Crippen LogP contribution in [-0.4, -0.2) is 44.8 Å². The van der Waals surface area contributed by atoms with E-state index in [0.717, 1.165) is 31.1 Å². The Balaban J connectivity index is 1.85. The molecule has 2 aromatic carbocycles. The number of methoxy groups -OCH3 is 2. The zero-order chi connectivity index (χ0) is 18.8. The average molecular weight is 355 g/mol. The van der Waals surface area contributed by atoms with Crippen molar-refractivity contribution in [3.8, 4) is 11.5 Å². The van der Waals surface area contributed by atoms with Crippen molar-refractivity contribution in [1.82, 2.24) is 4.90 Å². The van der Waals surface area contributed by atoms with Gasteiger partial charge in [0.05, 0.1) is 19.8 Å². The summed E-state index contributed by atoms with van der Waals surface area (Å²) in [6.45, 7) is 6.71. The third kappa shape index (κ3) is 5.93. The Morgan fingerprint density at radius 3 is 2.27 bits per heavy atom. The number of ether oxygens (including phenoxy) is 3. The van der Waals surface area contributed by atoms with Gasteiger partial charge in [-0.3, -0.25) is 4.90 Å². The highest BCUT2D eigenvalue weighted by Crippen LogP contribution is 2.14. The number of esters is 1. The van der Waals surface area contributed by atoms with Gasteiger partial charge < -0.3 is 14.2 Å². The summed E-state index contributed by atoms with van der Waals surface area (Å²) in [7, 11) is 3.03. The number of carbonyl (C=O) groups is 1. The Morgan fingerprint density at radius 1 is 1.04 bits per heavy atom. The quantitative estimate of drug-likeness (QED) is 0.482. The van der Waals surface area contributed by atoms with Crippen molar-refractivity contribution in [3.05, 3.63) is 72.3 Å². The van der Waals surface area contributed by atoms with E-state index >= 15 is 0 Å². The first-order valence-corrected chi connectivity index (χ1v) is 8.43. The van der Waals surface area contributed by atoms with Crippen LogP contribution < -0.4 is 9.47 Å². The number of carbonyl (C=O) groups excluding carboxylic acids is 1. The van der Waals surface area contributed by atoms with Crippen LogP contribution in [0.4, 0.5) is 0 Å². The second-order valence-corrected chi connectivity index (χ2v) is 5.74. The first-order valence-electron chi connectivity index (χ1n) is 8.43. The molecule has 0 fully saturated rings. The molecule has 5 nitrogen and oxygen atoms in total. The van der Waals surface area contributed by atoms with Gasteiger partial charge in [0.2, 0.25) is 0 Å². The van der Waals surface area contributed by atoms with E-state index in [-0.39, 0.29) is 5.97 Å². The van der Waals surface area contributed by atoms with Gasteiger partial charge in [-0.2, -0.15) is 0 Å². The van der Waals surface area contributed by atoms with Crippen molar-refractivity contribution in [2.75, 3.05) is 33.9 Å². The molecule has 0 amide bonds. The van der Waals surface area contributed by atoms with Crippen LogP contribution in [0.5, 0.6) is 11.5 Å². The molecule has 0 bridgehead atoms. The van der Waals surface area contributed by atoms with Crippen molar-refractivity contribution in [2.45, 2.75) is 6.54 Å². The fourth-order valence-electron chi connectivity index (χ4n) is 2.50. The Labute approximate surface area is 154 Å². The summed E-state index contributed by atoms with van der Waals surface area (Å²) in [5.41, 5.74) is 1.71. The topological polar surface area (TPSA) is 48.0 Å². The van der Waals surface area contributed by atoms with Crippen molar-refractivity contribution < 1.29 is 19.0 Å². The summed E-state index contributed by atoms with van der Waals surface area (Å²) in [6, 6.07) is 15.0. The first kappa shape index (κ1) is 19.5. The third-order valence-electron chi connectivity index (χ3n) is 3.90. The molecule has 0 heterocycles. The molecule has 0 spiro atoms. The molecule has 0 radical (unpaired) electrons. The Morgan fingerprint density at radius 2 is 1.69 bits per heavy atom. The highest BCUT2D eigenvalue weighted by molar-refractivity contribution is 5.89. The summed E-state index contributed by atoms with van der Waals surface area (Å²) < 4.78 is 15.6. The molecule has 5 heteroatoms. The summed E-state index contributed by atoms with van der Waals surface area (Å²) in [6.07, 6.45) is 1.88. The van der Waals surface area contributed by atoms with Gasteiger partial charge in [-0.25, -0.2) is 4.79 Å². The standard InChI is InChI=1S/C21H25NO4/c1-4-13-22(16-17-5-9-19(24-2)10-6-17)14-15-26-20-11-7-18(8-12-20)21(23)25-3/h4-12H,1,13-16H2,2-3H3. The van der Waals surface area contributed by atoms with Gasteiger partial charge in [0.25, 0.3) is 0 Å². The lowest BCUT2D eigenvalue weighted by Crippen LogP contribution is -2.28. The number of rotatable bonds is 10. The fourth-order valence-corrected chi connectivity index (χ4v) is 2.50. The van der Waals surface area contributed by atoms with Crippen LogP contribution in [0.1, 0.15) is 15.9 Å². The van der Waals surface area contributed by atoms with Gasteiger partial charge in [-0.05, 0) is 42.0 Å².